The van der Waals surface area contributed by atoms with E-state index in [9.17, 15) is 0 Å². The number of hydrogen-bond acceptors (Lipinski definition) is 2. The first-order valence-corrected chi connectivity index (χ1v) is 4.34. The fourth-order valence-electron chi connectivity index (χ4n) is 1.09. The van der Waals surface area contributed by atoms with E-state index in [0.717, 1.165) is 12.1 Å². The molecule has 1 atom stereocenters. The average molecular weight is 165 g/mol. The van der Waals surface area contributed by atoms with E-state index < -0.39 is 0 Å². The second-order valence-electron chi connectivity index (χ2n) is 3.06. The maximum absolute atomic E-state index is 9.09. The van der Waals surface area contributed by atoms with Crippen LogP contribution in [0.15, 0.2) is 18.3 Å². The van der Waals surface area contributed by atoms with Crippen LogP contribution < -0.4 is 0 Å². The van der Waals surface area contributed by atoms with Gasteiger partial charge in [0.25, 0.3) is 0 Å². The molecule has 0 saturated heterocycles. The Labute approximate surface area is 73.3 Å². The number of aryl methyl sites for hydroxylation is 1. The Hall–Kier alpha value is -0.890. The van der Waals surface area contributed by atoms with Gasteiger partial charge in [0, 0.05) is 18.3 Å². The smallest absolute Gasteiger partial charge is 0.0567 e. The molecule has 2 nitrogen and oxygen atoms in total. The largest absolute Gasteiger partial charge is 0.393 e. The van der Waals surface area contributed by atoms with Crippen LogP contribution >= 0.6 is 0 Å². The van der Waals surface area contributed by atoms with Gasteiger partial charge in [0.05, 0.1) is 6.10 Å². The molecule has 1 aromatic rings. The van der Waals surface area contributed by atoms with E-state index >= 15 is 0 Å². The Morgan fingerprint density at radius 2 is 2.25 bits per heavy atom. The van der Waals surface area contributed by atoms with Gasteiger partial charge in [0.1, 0.15) is 0 Å². The number of nitrogens with zero attached hydrogens (tertiary/aromatic N) is 1. The molecular formula is C10H15NO. The number of rotatable bonds is 3. The molecule has 0 aliphatic rings. The van der Waals surface area contributed by atoms with Gasteiger partial charge >= 0.3 is 0 Å². The van der Waals surface area contributed by atoms with Crippen molar-refractivity contribution >= 4 is 0 Å². The Morgan fingerprint density at radius 1 is 1.50 bits per heavy atom. The van der Waals surface area contributed by atoms with Crippen molar-refractivity contribution in [2.45, 2.75) is 32.8 Å². The van der Waals surface area contributed by atoms with Gasteiger partial charge in [-0.25, -0.2) is 0 Å². The van der Waals surface area contributed by atoms with Gasteiger partial charge < -0.3 is 5.11 Å². The summed E-state index contributed by atoms with van der Waals surface area (Å²) in [7, 11) is 0. The van der Waals surface area contributed by atoms with Gasteiger partial charge in [-0.05, 0) is 25.0 Å². The van der Waals surface area contributed by atoms with E-state index in [2.05, 4.69) is 18.0 Å². The molecule has 1 heterocycles. The molecule has 66 valence electrons. The van der Waals surface area contributed by atoms with Crippen molar-refractivity contribution in [2.24, 2.45) is 0 Å². The van der Waals surface area contributed by atoms with Crippen molar-refractivity contribution in [3.8, 4) is 0 Å². The van der Waals surface area contributed by atoms with E-state index in [1.807, 2.05) is 12.3 Å². The minimum atomic E-state index is -0.301. The third-order valence-electron chi connectivity index (χ3n) is 1.80. The topological polar surface area (TPSA) is 33.1 Å². The van der Waals surface area contributed by atoms with Crippen LogP contribution in [-0.4, -0.2) is 16.2 Å². The van der Waals surface area contributed by atoms with E-state index in [4.69, 9.17) is 5.11 Å². The lowest BCUT2D eigenvalue weighted by Crippen LogP contribution is -2.05. The molecule has 12 heavy (non-hydrogen) atoms. The van der Waals surface area contributed by atoms with Crippen molar-refractivity contribution in [1.29, 1.82) is 0 Å². The average Bonchev–Trinajstić information content (AvgIpc) is 2.05. The zero-order valence-corrected chi connectivity index (χ0v) is 7.62. The Balaban J connectivity index is 2.65. The third kappa shape index (κ3) is 2.62. The summed E-state index contributed by atoms with van der Waals surface area (Å²) in [6.07, 6.45) is 3.23. The summed E-state index contributed by atoms with van der Waals surface area (Å²) < 4.78 is 0. The monoisotopic (exact) mass is 165 g/mol. The summed E-state index contributed by atoms with van der Waals surface area (Å²) in [6, 6.07) is 4.04. The molecule has 1 rings (SSSR count). The van der Waals surface area contributed by atoms with Crippen LogP contribution in [0.1, 0.15) is 25.1 Å². The third-order valence-corrected chi connectivity index (χ3v) is 1.80. The minimum Gasteiger partial charge on any atom is -0.393 e. The summed E-state index contributed by atoms with van der Waals surface area (Å²) in [4.78, 5) is 4.23. The molecule has 0 saturated carbocycles. The van der Waals surface area contributed by atoms with Crippen molar-refractivity contribution in [3.05, 3.63) is 29.6 Å². The summed E-state index contributed by atoms with van der Waals surface area (Å²) in [5.74, 6) is 0. The number of pyridine rings is 1. The van der Waals surface area contributed by atoms with Gasteiger partial charge in [-0.3, -0.25) is 4.98 Å². The van der Waals surface area contributed by atoms with Gasteiger partial charge in [-0.1, -0.05) is 13.0 Å². The van der Waals surface area contributed by atoms with Crippen LogP contribution in [0, 0.1) is 0 Å². The van der Waals surface area contributed by atoms with Crippen LogP contribution in [0.25, 0.3) is 0 Å². The molecular weight excluding hydrogens is 150 g/mol. The Kier molecular flexibility index (Phi) is 3.23. The minimum absolute atomic E-state index is 0.301. The molecule has 2 heteroatoms. The summed E-state index contributed by atoms with van der Waals surface area (Å²) in [5, 5.41) is 9.09. The molecule has 0 amide bonds. The van der Waals surface area contributed by atoms with Crippen molar-refractivity contribution in [3.63, 3.8) is 0 Å². The van der Waals surface area contributed by atoms with Crippen molar-refractivity contribution in [1.82, 2.24) is 4.98 Å². The molecule has 0 radical (unpaired) electrons. The summed E-state index contributed by atoms with van der Waals surface area (Å²) >= 11 is 0. The zero-order chi connectivity index (χ0) is 8.97. The highest BCUT2D eigenvalue weighted by atomic mass is 16.3. The van der Waals surface area contributed by atoms with Gasteiger partial charge in [-0.15, -0.1) is 0 Å². The SMILES string of the molecule is CCc1ccc(CC(C)O)nc1. The lowest BCUT2D eigenvalue weighted by molar-refractivity contribution is 0.194. The van der Waals surface area contributed by atoms with Gasteiger partial charge in [0.15, 0.2) is 0 Å². The molecule has 1 aromatic heterocycles. The maximum atomic E-state index is 9.09. The van der Waals surface area contributed by atoms with Crippen molar-refractivity contribution in [2.75, 3.05) is 0 Å². The molecule has 0 aromatic carbocycles. The molecule has 0 fully saturated rings. The standard InChI is InChI=1S/C10H15NO/c1-3-9-4-5-10(11-7-9)6-8(2)12/h4-5,7-8,12H,3,6H2,1-2H3. The molecule has 1 N–H and O–H groups in total. The highest BCUT2D eigenvalue weighted by Gasteiger charge is 1.99. The predicted molar refractivity (Wildman–Crippen MR) is 49.0 cm³/mol. The van der Waals surface area contributed by atoms with Crippen LogP contribution in [0.2, 0.25) is 0 Å². The highest BCUT2D eigenvalue weighted by molar-refractivity contribution is 5.14. The summed E-state index contributed by atoms with van der Waals surface area (Å²) in [5.41, 5.74) is 2.20. The normalized spacial score (nSPS) is 12.9. The van der Waals surface area contributed by atoms with Crippen LogP contribution in [-0.2, 0) is 12.8 Å². The fraction of sp³-hybridized carbons (Fsp3) is 0.500. The first-order chi connectivity index (χ1) is 5.72. The lowest BCUT2D eigenvalue weighted by Gasteiger charge is -2.03. The summed E-state index contributed by atoms with van der Waals surface area (Å²) in [6.45, 7) is 3.88. The second kappa shape index (κ2) is 4.21. The number of aromatic nitrogens is 1. The van der Waals surface area contributed by atoms with Crippen LogP contribution in [0.3, 0.4) is 0 Å². The lowest BCUT2D eigenvalue weighted by atomic mass is 10.1. The Morgan fingerprint density at radius 3 is 2.67 bits per heavy atom. The molecule has 0 spiro atoms. The number of hydrogen-bond donors (Lipinski definition) is 1. The van der Waals surface area contributed by atoms with E-state index in [1.165, 1.54) is 5.56 Å². The van der Waals surface area contributed by atoms with E-state index in [1.54, 1.807) is 6.92 Å². The first-order valence-electron chi connectivity index (χ1n) is 4.34. The predicted octanol–water partition coefficient (Wildman–Crippen LogP) is 1.57. The van der Waals surface area contributed by atoms with Crippen LogP contribution in [0.4, 0.5) is 0 Å². The van der Waals surface area contributed by atoms with Crippen LogP contribution in [0.5, 0.6) is 0 Å². The number of aliphatic hydroxyl groups excluding tert-OH is 1. The molecule has 0 aliphatic heterocycles. The first kappa shape index (κ1) is 9.20. The number of aliphatic hydroxyl groups is 1. The Bertz CT molecular complexity index is 228. The van der Waals surface area contributed by atoms with Gasteiger partial charge in [0.2, 0.25) is 0 Å². The highest BCUT2D eigenvalue weighted by Crippen LogP contribution is 2.03. The second-order valence-corrected chi connectivity index (χ2v) is 3.06. The molecule has 0 bridgehead atoms. The fourth-order valence-corrected chi connectivity index (χ4v) is 1.09. The van der Waals surface area contributed by atoms with E-state index in [0.29, 0.717) is 6.42 Å². The van der Waals surface area contributed by atoms with Gasteiger partial charge in [-0.2, -0.15) is 0 Å². The van der Waals surface area contributed by atoms with E-state index in [-0.39, 0.29) is 6.10 Å². The molecule has 1 unspecified atom stereocenters. The zero-order valence-electron chi connectivity index (χ0n) is 7.62. The van der Waals surface area contributed by atoms with Crippen molar-refractivity contribution < 1.29 is 5.11 Å². The quantitative estimate of drug-likeness (QED) is 0.737. The molecule has 0 aliphatic carbocycles. The maximum Gasteiger partial charge on any atom is 0.0567 e.